The standard InChI is InChI=1S/C18H18ClFN2OS/c19-14-4-3-5-15(12-14)21-8-10-22(11-9-21)18(23)13-24-17-7-2-1-6-16(17)20/h1-7,12H,8-11,13H2. The molecule has 1 aliphatic rings. The first-order chi connectivity index (χ1) is 11.6. The van der Waals surface area contributed by atoms with E-state index in [-0.39, 0.29) is 17.5 Å². The summed E-state index contributed by atoms with van der Waals surface area (Å²) in [4.78, 5) is 16.9. The van der Waals surface area contributed by atoms with Crippen molar-refractivity contribution in [2.24, 2.45) is 0 Å². The number of thioether (sulfide) groups is 1. The first kappa shape index (κ1) is 17.1. The molecule has 126 valence electrons. The summed E-state index contributed by atoms with van der Waals surface area (Å²) in [6, 6.07) is 14.3. The minimum Gasteiger partial charge on any atom is -0.368 e. The third-order valence-corrected chi connectivity index (χ3v) is 5.26. The van der Waals surface area contributed by atoms with E-state index in [2.05, 4.69) is 4.90 Å². The number of nitrogens with zero attached hydrogens (tertiary/aromatic N) is 2. The number of halogens is 2. The van der Waals surface area contributed by atoms with Crippen molar-refractivity contribution in [1.29, 1.82) is 0 Å². The number of piperazine rings is 1. The molecule has 24 heavy (non-hydrogen) atoms. The number of carbonyl (C=O) groups excluding carboxylic acids is 1. The van der Waals surface area contributed by atoms with Crippen LogP contribution in [0.1, 0.15) is 0 Å². The van der Waals surface area contributed by atoms with Gasteiger partial charge in [0.15, 0.2) is 0 Å². The summed E-state index contributed by atoms with van der Waals surface area (Å²) in [7, 11) is 0. The predicted molar refractivity (Wildman–Crippen MR) is 97.4 cm³/mol. The number of amides is 1. The van der Waals surface area contributed by atoms with Crippen LogP contribution in [-0.2, 0) is 4.79 Å². The molecule has 1 amide bonds. The highest BCUT2D eigenvalue weighted by molar-refractivity contribution is 8.00. The Kier molecular flexibility index (Phi) is 5.63. The number of hydrogen-bond donors (Lipinski definition) is 0. The first-order valence-electron chi connectivity index (χ1n) is 7.79. The molecule has 1 aliphatic heterocycles. The van der Waals surface area contributed by atoms with Crippen molar-refractivity contribution >= 4 is 35.0 Å². The van der Waals surface area contributed by atoms with Gasteiger partial charge in [0.2, 0.25) is 5.91 Å². The fourth-order valence-electron chi connectivity index (χ4n) is 2.68. The second-order valence-corrected chi connectivity index (χ2v) is 7.02. The van der Waals surface area contributed by atoms with E-state index in [1.807, 2.05) is 29.2 Å². The molecule has 1 heterocycles. The molecule has 1 fully saturated rings. The Morgan fingerprint density at radius 2 is 1.83 bits per heavy atom. The number of benzene rings is 2. The van der Waals surface area contributed by atoms with Gasteiger partial charge in [0.1, 0.15) is 5.82 Å². The minimum absolute atomic E-state index is 0.0500. The second kappa shape index (κ2) is 7.90. The van der Waals surface area contributed by atoms with Crippen molar-refractivity contribution in [1.82, 2.24) is 4.90 Å². The third-order valence-electron chi connectivity index (χ3n) is 3.99. The summed E-state index contributed by atoms with van der Waals surface area (Å²) in [5.41, 5.74) is 1.08. The highest BCUT2D eigenvalue weighted by Gasteiger charge is 2.21. The summed E-state index contributed by atoms with van der Waals surface area (Å²) < 4.78 is 13.6. The Bertz CT molecular complexity index is 720. The topological polar surface area (TPSA) is 23.6 Å². The van der Waals surface area contributed by atoms with Crippen LogP contribution in [0.4, 0.5) is 10.1 Å². The summed E-state index contributed by atoms with van der Waals surface area (Å²) in [6.45, 7) is 2.89. The average molecular weight is 365 g/mol. The Labute approximate surface area is 150 Å². The lowest BCUT2D eigenvalue weighted by molar-refractivity contribution is -0.128. The first-order valence-corrected chi connectivity index (χ1v) is 9.15. The van der Waals surface area contributed by atoms with Crippen LogP contribution >= 0.6 is 23.4 Å². The summed E-state index contributed by atoms with van der Waals surface area (Å²) >= 11 is 7.28. The van der Waals surface area contributed by atoms with E-state index >= 15 is 0 Å². The smallest absolute Gasteiger partial charge is 0.233 e. The van der Waals surface area contributed by atoms with Gasteiger partial charge in [-0.05, 0) is 30.3 Å². The number of rotatable bonds is 4. The molecule has 6 heteroatoms. The van der Waals surface area contributed by atoms with Crippen molar-refractivity contribution < 1.29 is 9.18 Å². The Morgan fingerprint density at radius 3 is 2.54 bits per heavy atom. The highest BCUT2D eigenvalue weighted by Crippen LogP contribution is 2.23. The number of anilines is 1. The average Bonchev–Trinajstić information content (AvgIpc) is 2.61. The zero-order valence-corrected chi connectivity index (χ0v) is 14.7. The van der Waals surface area contributed by atoms with Crippen LogP contribution in [0.3, 0.4) is 0 Å². The van der Waals surface area contributed by atoms with Crippen LogP contribution in [0.5, 0.6) is 0 Å². The van der Waals surface area contributed by atoms with Crippen LogP contribution in [0.2, 0.25) is 5.02 Å². The normalized spacial score (nSPS) is 14.8. The van der Waals surface area contributed by atoms with E-state index in [0.717, 1.165) is 18.8 Å². The van der Waals surface area contributed by atoms with Gasteiger partial charge in [-0.2, -0.15) is 0 Å². The summed E-state index contributed by atoms with van der Waals surface area (Å²) in [6.07, 6.45) is 0. The lowest BCUT2D eigenvalue weighted by Gasteiger charge is -2.36. The molecule has 0 aliphatic carbocycles. The quantitative estimate of drug-likeness (QED) is 0.768. The highest BCUT2D eigenvalue weighted by atomic mass is 35.5. The molecule has 0 unspecified atom stereocenters. The second-order valence-electron chi connectivity index (χ2n) is 5.57. The molecule has 2 aromatic carbocycles. The molecule has 0 N–H and O–H groups in total. The monoisotopic (exact) mass is 364 g/mol. The van der Waals surface area contributed by atoms with E-state index in [9.17, 15) is 9.18 Å². The van der Waals surface area contributed by atoms with Gasteiger partial charge in [-0.15, -0.1) is 11.8 Å². The van der Waals surface area contributed by atoms with Crippen molar-refractivity contribution in [3.8, 4) is 0 Å². The van der Waals surface area contributed by atoms with Gasteiger partial charge in [-0.1, -0.05) is 29.8 Å². The molecule has 0 radical (unpaired) electrons. The fraction of sp³-hybridized carbons (Fsp3) is 0.278. The van der Waals surface area contributed by atoms with Crippen LogP contribution in [0.25, 0.3) is 0 Å². The maximum absolute atomic E-state index is 13.6. The van der Waals surface area contributed by atoms with E-state index in [0.29, 0.717) is 23.0 Å². The molecule has 0 aromatic heterocycles. The van der Waals surface area contributed by atoms with Crippen molar-refractivity contribution in [2.75, 3.05) is 36.8 Å². The third kappa shape index (κ3) is 4.22. The maximum atomic E-state index is 13.6. The Hall–Kier alpha value is -1.72. The SMILES string of the molecule is O=C(CSc1ccccc1F)N1CCN(c2cccc(Cl)c2)CC1. The van der Waals surface area contributed by atoms with E-state index in [4.69, 9.17) is 11.6 Å². The molecule has 1 saturated heterocycles. The molecular formula is C18H18ClFN2OS. The molecule has 0 atom stereocenters. The zero-order chi connectivity index (χ0) is 16.9. The molecule has 3 rings (SSSR count). The molecule has 0 saturated carbocycles. The van der Waals surface area contributed by atoms with Crippen molar-refractivity contribution in [2.45, 2.75) is 4.90 Å². The van der Waals surface area contributed by atoms with Crippen LogP contribution < -0.4 is 4.90 Å². The van der Waals surface area contributed by atoms with Gasteiger partial charge >= 0.3 is 0 Å². The summed E-state index contributed by atoms with van der Waals surface area (Å²) in [5.74, 6) is 0.0352. The molecule has 0 spiro atoms. The molecule has 2 aromatic rings. The van der Waals surface area contributed by atoms with Crippen LogP contribution in [0, 0.1) is 5.82 Å². The predicted octanol–water partition coefficient (Wildman–Crippen LogP) is 3.92. The van der Waals surface area contributed by atoms with Gasteiger partial charge in [-0.25, -0.2) is 4.39 Å². The lowest BCUT2D eigenvalue weighted by Crippen LogP contribution is -2.49. The maximum Gasteiger partial charge on any atom is 0.233 e. The largest absolute Gasteiger partial charge is 0.368 e. The van der Waals surface area contributed by atoms with Crippen LogP contribution in [-0.4, -0.2) is 42.7 Å². The fourth-order valence-corrected chi connectivity index (χ4v) is 3.71. The molecule has 0 bridgehead atoms. The van der Waals surface area contributed by atoms with E-state index in [1.54, 1.807) is 18.2 Å². The Balaban J connectivity index is 1.51. The van der Waals surface area contributed by atoms with Gasteiger partial charge in [0.25, 0.3) is 0 Å². The van der Waals surface area contributed by atoms with Crippen molar-refractivity contribution in [3.05, 3.63) is 59.4 Å². The zero-order valence-electron chi connectivity index (χ0n) is 13.1. The van der Waals surface area contributed by atoms with E-state index in [1.165, 1.54) is 17.8 Å². The van der Waals surface area contributed by atoms with Crippen molar-refractivity contribution in [3.63, 3.8) is 0 Å². The van der Waals surface area contributed by atoms with Gasteiger partial charge in [-0.3, -0.25) is 4.79 Å². The Morgan fingerprint density at radius 1 is 1.08 bits per heavy atom. The number of hydrogen-bond acceptors (Lipinski definition) is 3. The van der Waals surface area contributed by atoms with E-state index < -0.39 is 0 Å². The number of carbonyl (C=O) groups is 1. The minimum atomic E-state index is -0.277. The van der Waals surface area contributed by atoms with Gasteiger partial charge < -0.3 is 9.80 Å². The van der Waals surface area contributed by atoms with Gasteiger partial charge in [0, 0.05) is 41.8 Å². The molecule has 3 nitrogen and oxygen atoms in total. The molecular weight excluding hydrogens is 347 g/mol. The van der Waals surface area contributed by atoms with Crippen LogP contribution in [0.15, 0.2) is 53.4 Å². The summed E-state index contributed by atoms with van der Waals surface area (Å²) in [5, 5.41) is 0.715. The lowest BCUT2D eigenvalue weighted by atomic mass is 10.2. The van der Waals surface area contributed by atoms with Gasteiger partial charge in [0.05, 0.1) is 5.75 Å².